The van der Waals surface area contributed by atoms with Crippen LogP contribution in [-0.4, -0.2) is 19.9 Å². The third-order valence-corrected chi connectivity index (χ3v) is 3.56. The molecule has 0 saturated carbocycles. The van der Waals surface area contributed by atoms with E-state index >= 15 is 0 Å². The van der Waals surface area contributed by atoms with Crippen molar-refractivity contribution >= 4 is 5.69 Å². The number of alkyl halides is 3. The Morgan fingerprint density at radius 3 is 2.40 bits per heavy atom. The van der Waals surface area contributed by atoms with E-state index in [1.54, 1.807) is 24.3 Å². The standard InChI is InChI=1S/C16H16F3N5O/c1-9(2)14-21-15(25-23-14)11-5-3-10(4-6-11)7-24-8-12(20)13(22-24)16(17,18)19/h3-6,8-9H,7,20H2,1-2H3. The quantitative estimate of drug-likeness (QED) is 0.775. The predicted octanol–water partition coefficient (Wildman–Crippen LogP) is 3.71. The maximum atomic E-state index is 12.7. The number of halogens is 3. The zero-order valence-corrected chi connectivity index (χ0v) is 13.6. The van der Waals surface area contributed by atoms with E-state index in [0.717, 1.165) is 15.8 Å². The maximum Gasteiger partial charge on any atom is 0.437 e. The third-order valence-electron chi connectivity index (χ3n) is 3.56. The molecule has 0 spiro atoms. The minimum absolute atomic E-state index is 0.157. The van der Waals surface area contributed by atoms with Crippen molar-refractivity contribution in [1.29, 1.82) is 0 Å². The van der Waals surface area contributed by atoms with E-state index < -0.39 is 17.6 Å². The summed E-state index contributed by atoms with van der Waals surface area (Å²) in [7, 11) is 0. The predicted molar refractivity (Wildman–Crippen MR) is 84.6 cm³/mol. The molecular weight excluding hydrogens is 335 g/mol. The van der Waals surface area contributed by atoms with Crippen LogP contribution >= 0.6 is 0 Å². The minimum atomic E-state index is -4.56. The lowest BCUT2D eigenvalue weighted by Crippen LogP contribution is -2.10. The van der Waals surface area contributed by atoms with Crippen molar-refractivity contribution in [1.82, 2.24) is 19.9 Å². The van der Waals surface area contributed by atoms with Crippen LogP contribution in [0.15, 0.2) is 35.0 Å². The summed E-state index contributed by atoms with van der Waals surface area (Å²) in [6.45, 7) is 4.09. The highest BCUT2D eigenvalue weighted by Gasteiger charge is 2.36. The molecule has 0 amide bonds. The first kappa shape index (κ1) is 17.0. The smallest absolute Gasteiger partial charge is 0.396 e. The molecule has 0 saturated heterocycles. The summed E-state index contributed by atoms with van der Waals surface area (Å²) in [6, 6.07) is 7.06. The van der Waals surface area contributed by atoms with Crippen molar-refractivity contribution in [2.75, 3.05) is 5.73 Å². The fourth-order valence-corrected chi connectivity index (χ4v) is 2.26. The van der Waals surface area contributed by atoms with Crippen LogP contribution in [0.25, 0.3) is 11.5 Å². The fraction of sp³-hybridized carbons (Fsp3) is 0.312. The first-order valence-electron chi connectivity index (χ1n) is 7.57. The van der Waals surface area contributed by atoms with E-state index in [0.29, 0.717) is 11.7 Å². The average Bonchev–Trinajstić information content (AvgIpc) is 3.14. The number of hydrogen-bond donors (Lipinski definition) is 1. The molecule has 0 unspecified atom stereocenters. The Balaban J connectivity index is 1.77. The number of nitrogen functional groups attached to an aromatic ring is 1. The maximum absolute atomic E-state index is 12.7. The summed E-state index contributed by atoms with van der Waals surface area (Å²) >= 11 is 0. The van der Waals surface area contributed by atoms with Gasteiger partial charge in [0, 0.05) is 17.7 Å². The summed E-state index contributed by atoms with van der Waals surface area (Å²) in [5.74, 6) is 1.17. The molecule has 0 aliphatic heterocycles. The number of hydrogen-bond acceptors (Lipinski definition) is 5. The molecule has 3 aromatic rings. The molecule has 0 atom stereocenters. The van der Waals surface area contributed by atoms with E-state index in [-0.39, 0.29) is 12.5 Å². The number of rotatable bonds is 4. The largest absolute Gasteiger partial charge is 0.437 e. The van der Waals surface area contributed by atoms with E-state index in [1.165, 1.54) is 6.20 Å². The second-order valence-electron chi connectivity index (χ2n) is 5.94. The van der Waals surface area contributed by atoms with E-state index in [2.05, 4.69) is 15.2 Å². The summed E-state index contributed by atoms with van der Waals surface area (Å²) in [6.07, 6.45) is -3.39. The van der Waals surface area contributed by atoms with Crippen LogP contribution in [0.2, 0.25) is 0 Å². The Morgan fingerprint density at radius 1 is 1.20 bits per heavy atom. The molecule has 9 heteroatoms. The second-order valence-corrected chi connectivity index (χ2v) is 5.94. The van der Waals surface area contributed by atoms with Gasteiger partial charge in [-0.15, -0.1) is 0 Å². The van der Waals surface area contributed by atoms with Gasteiger partial charge in [0.1, 0.15) is 0 Å². The third kappa shape index (κ3) is 3.65. The van der Waals surface area contributed by atoms with Gasteiger partial charge < -0.3 is 10.3 Å². The van der Waals surface area contributed by atoms with Gasteiger partial charge in [-0.1, -0.05) is 31.1 Å². The highest BCUT2D eigenvalue weighted by molar-refractivity contribution is 5.53. The molecule has 0 aliphatic carbocycles. The van der Waals surface area contributed by atoms with Gasteiger partial charge in [0.25, 0.3) is 5.89 Å². The van der Waals surface area contributed by atoms with Crippen LogP contribution in [-0.2, 0) is 12.7 Å². The topological polar surface area (TPSA) is 82.8 Å². The highest BCUT2D eigenvalue weighted by Crippen LogP contribution is 2.32. The zero-order valence-electron chi connectivity index (χ0n) is 13.6. The fourth-order valence-electron chi connectivity index (χ4n) is 2.26. The molecule has 2 heterocycles. The molecule has 6 nitrogen and oxygen atoms in total. The molecule has 0 aliphatic rings. The Bertz CT molecular complexity index is 865. The number of anilines is 1. The van der Waals surface area contributed by atoms with Crippen LogP contribution in [0.4, 0.5) is 18.9 Å². The lowest BCUT2D eigenvalue weighted by molar-refractivity contribution is -0.140. The van der Waals surface area contributed by atoms with Crippen molar-refractivity contribution in [2.24, 2.45) is 0 Å². The van der Waals surface area contributed by atoms with Crippen molar-refractivity contribution < 1.29 is 17.7 Å². The lowest BCUT2D eigenvalue weighted by Gasteiger charge is -2.04. The summed E-state index contributed by atoms with van der Waals surface area (Å²) in [5.41, 5.74) is 5.41. The van der Waals surface area contributed by atoms with Crippen molar-refractivity contribution in [3.8, 4) is 11.5 Å². The highest BCUT2D eigenvalue weighted by atomic mass is 19.4. The SMILES string of the molecule is CC(C)c1noc(-c2ccc(Cn3cc(N)c(C(F)(F)F)n3)cc2)n1. The van der Waals surface area contributed by atoms with Crippen molar-refractivity contribution in [2.45, 2.75) is 32.5 Å². The Kier molecular flexibility index (Phi) is 4.23. The number of aromatic nitrogens is 4. The van der Waals surface area contributed by atoms with E-state index in [9.17, 15) is 13.2 Å². The number of benzene rings is 1. The van der Waals surface area contributed by atoms with Gasteiger partial charge in [-0.3, -0.25) is 4.68 Å². The molecule has 2 N–H and O–H groups in total. The molecular formula is C16H16F3N5O. The Labute approximate surface area is 141 Å². The van der Waals surface area contributed by atoms with Gasteiger partial charge >= 0.3 is 6.18 Å². The van der Waals surface area contributed by atoms with Crippen LogP contribution in [0.5, 0.6) is 0 Å². The molecule has 0 radical (unpaired) electrons. The van der Waals surface area contributed by atoms with Gasteiger partial charge in [-0.05, 0) is 17.7 Å². The summed E-state index contributed by atoms with van der Waals surface area (Å²) in [4.78, 5) is 4.30. The monoisotopic (exact) mass is 351 g/mol. The second kappa shape index (κ2) is 6.23. The van der Waals surface area contributed by atoms with Gasteiger partial charge in [0.15, 0.2) is 11.5 Å². The summed E-state index contributed by atoms with van der Waals surface area (Å²) < 4.78 is 44.5. The minimum Gasteiger partial charge on any atom is -0.396 e. The Morgan fingerprint density at radius 2 is 1.88 bits per heavy atom. The van der Waals surface area contributed by atoms with E-state index in [1.807, 2.05) is 13.8 Å². The molecule has 25 heavy (non-hydrogen) atoms. The normalized spacial score (nSPS) is 12.1. The van der Waals surface area contributed by atoms with Crippen LogP contribution in [0, 0.1) is 0 Å². The zero-order chi connectivity index (χ0) is 18.2. The molecule has 0 bridgehead atoms. The van der Waals surface area contributed by atoms with Crippen molar-refractivity contribution in [3.05, 3.63) is 47.5 Å². The summed E-state index contributed by atoms with van der Waals surface area (Å²) in [5, 5.41) is 7.40. The molecule has 2 aromatic heterocycles. The first-order valence-corrected chi connectivity index (χ1v) is 7.57. The van der Waals surface area contributed by atoms with Gasteiger partial charge in [0.05, 0.1) is 12.2 Å². The number of nitrogens with two attached hydrogens (primary N) is 1. The van der Waals surface area contributed by atoms with E-state index in [4.69, 9.17) is 10.3 Å². The van der Waals surface area contributed by atoms with Gasteiger partial charge in [-0.2, -0.15) is 23.3 Å². The van der Waals surface area contributed by atoms with Crippen LogP contribution in [0.3, 0.4) is 0 Å². The molecule has 1 aromatic carbocycles. The van der Waals surface area contributed by atoms with Crippen LogP contribution < -0.4 is 5.73 Å². The molecule has 3 rings (SSSR count). The van der Waals surface area contributed by atoms with Gasteiger partial charge in [0.2, 0.25) is 0 Å². The van der Waals surface area contributed by atoms with Crippen LogP contribution in [0.1, 0.15) is 36.8 Å². The molecule has 0 fully saturated rings. The Hall–Kier alpha value is -2.84. The number of nitrogens with zero attached hydrogens (tertiary/aromatic N) is 4. The first-order chi connectivity index (χ1) is 11.7. The van der Waals surface area contributed by atoms with Gasteiger partial charge in [-0.25, -0.2) is 0 Å². The lowest BCUT2D eigenvalue weighted by atomic mass is 10.1. The average molecular weight is 351 g/mol. The molecule has 132 valence electrons. The van der Waals surface area contributed by atoms with Crippen molar-refractivity contribution in [3.63, 3.8) is 0 Å².